The summed E-state index contributed by atoms with van der Waals surface area (Å²) in [5.41, 5.74) is 0. The Bertz CT molecular complexity index is 742. The second-order valence-electron chi connectivity index (χ2n) is 6.86. The van der Waals surface area contributed by atoms with Crippen molar-refractivity contribution in [3.63, 3.8) is 0 Å². The summed E-state index contributed by atoms with van der Waals surface area (Å²) < 4.78 is 35.2. The molecule has 0 saturated carbocycles. The quantitative estimate of drug-likeness (QED) is 0.769. The summed E-state index contributed by atoms with van der Waals surface area (Å²) in [4.78, 5) is 1.83. The highest BCUT2D eigenvalue weighted by atomic mass is 32.2. The maximum Gasteiger partial charge on any atom is 0.244 e. The fraction of sp³-hybridized carbons (Fsp3) is 0.706. The number of pyridine rings is 1. The van der Waals surface area contributed by atoms with Gasteiger partial charge in [0.05, 0.1) is 30.7 Å². The highest BCUT2D eigenvalue weighted by Crippen LogP contribution is 2.17. The van der Waals surface area contributed by atoms with E-state index >= 15 is 0 Å². The molecule has 3 rings (SSSR count). The SMILES string of the molecule is CC[C@H]1CCCC[NH+]1Cn1cc(S(=O)(=O)N2CCOCC2)ccc1=S. The Morgan fingerprint density at radius 1 is 1.28 bits per heavy atom. The Balaban J connectivity index is 1.84. The maximum atomic E-state index is 12.9. The molecule has 0 aliphatic carbocycles. The minimum absolute atomic E-state index is 0.326. The summed E-state index contributed by atoms with van der Waals surface area (Å²) in [6, 6.07) is 4.01. The summed E-state index contributed by atoms with van der Waals surface area (Å²) >= 11 is 5.46. The summed E-state index contributed by atoms with van der Waals surface area (Å²) in [6.45, 7) is 5.82. The molecule has 6 nitrogen and oxygen atoms in total. The van der Waals surface area contributed by atoms with E-state index in [0.717, 1.165) is 19.6 Å². The van der Waals surface area contributed by atoms with Crippen LogP contribution in [0, 0.1) is 4.64 Å². The van der Waals surface area contributed by atoms with Gasteiger partial charge in [0, 0.05) is 19.3 Å². The molecule has 0 bridgehead atoms. The zero-order valence-electron chi connectivity index (χ0n) is 14.8. The molecule has 1 N–H and O–H groups in total. The van der Waals surface area contributed by atoms with Gasteiger partial charge in [0.25, 0.3) is 0 Å². The average Bonchev–Trinajstić information content (AvgIpc) is 2.64. The number of hydrogen-bond acceptors (Lipinski definition) is 4. The van der Waals surface area contributed by atoms with Crippen LogP contribution in [0.4, 0.5) is 0 Å². The lowest BCUT2D eigenvalue weighted by Crippen LogP contribution is -3.15. The lowest BCUT2D eigenvalue weighted by molar-refractivity contribution is -0.952. The lowest BCUT2D eigenvalue weighted by atomic mass is 10.0. The number of sulfonamides is 1. The van der Waals surface area contributed by atoms with Gasteiger partial charge in [-0.1, -0.05) is 19.1 Å². The van der Waals surface area contributed by atoms with Crippen molar-refractivity contribution >= 4 is 22.2 Å². The number of morpholine rings is 1. The molecule has 1 aromatic heterocycles. The third-order valence-electron chi connectivity index (χ3n) is 5.31. The van der Waals surface area contributed by atoms with Gasteiger partial charge in [-0.15, -0.1) is 0 Å². The maximum absolute atomic E-state index is 12.9. The molecule has 0 radical (unpaired) electrons. The number of piperidine rings is 1. The van der Waals surface area contributed by atoms with E-state index in [1.807, 2.05) is 4.57 Å². The zero-order chi connectivity index (χ0) is 17.9. The first kappa shape index (κ1) is 19.0. The molecule has 2 atom stereocenters. The van der Waals surface area contributed by atoms with Gasteiger partial charge < -0.3 is 9.64 Å². The number of nitrogens with zero attached hydrogens (tertiary/aromatic N) is 2. The summed E-state index contributed by atoms with van der Waals surface area (Å²) in [5.74, 6) is 0. The molecular formula is C17H28N3O3S2+. The lowest BCUT2D eigenvalue weighted by Gasteiger charge is -2.32. The van der Waals surface area contributed by atoms with E-state index < -0.39 is 10.0 Å². The Hall–Kier alpha value is -0.800. The number of hydrogen-bond donors (Lipinski definition) is 1. The van der Waals surface area contributed by atoms with E-state index in [0.29, 0.717) is 41.9 Å². The predicted molar refractivity (Wildman–Crippen MR) is 98.6 cm³/mol. The van der Waals surface area contributed by atoms with E-state index in [4.69, 9.17) is 17.0 Å². The number of quaternary nitrogens is 1. The van der Waals surface area contributed by atoms with Crippen molar-refractivity contribution in [1.82, 2.24) is 8.87 Å². The first-order valence-electron chi connectivity index (χ1n) is 9.15. The normalized spacial score (nSPS) is 25.8. The van der Waals surface area contributed by atoms with Crippen LogP contribution in [0.1, 0.15) is 32.6 Å². The molecule has 2 aliphatic rings. The van der Waals surface area contributed by atoms with Gasteiger partial charge in [0.1, 0.15) is 4.64 Å². The van der Waals surface area contributed by atoms with E-state index in [-0.39, 0.29) is 0 Å². The van der Waals surface area contributed by atoms with Crippen LogP contribution in [-0.2, 0) is 21.4 Å². The van der Waals surface area contributed by atoms with Crippen LogP contribution in [0.5, 0.6) is 0 Å². The van der Waals surface area contributed by atoms with Crippen molar-refractivity contribution in [3.05, 3.63) is 23.0 Å². The van der Waals surface area contributed by atoms with Gasteiger partial charge in [-0.2, -0.15) is 4.31 Å². The second kappa shape index (κ2) is 8.26. The van der Waals surface area contributed by atoms with Gasteiger partial charge >= 0.3 is 0 Å². The Kier molecular flexibility index (Phi) is 6.27. The van der Waals surface area contributed by atoms with Crippen LogP contribution in [0.15, 0.2) is 23.2 Å². The number of likely N-dealkylation sites (tertiary alicyclic amines) is 1. The van der Waals surface area contributed by atoms with Gasteiger partial charge in [0.15, 0.2) is 6.67 Å². The highest BCUT2D eigenvalue weighted by Gasteiger charge is 2.28. The molecule has 1 aromatic rings. The molecule has 140 valence electrons. The van der Waals surface area contributed by atoms with Crippen LogP contribution in [0.3, 0.4) is 0 Å². The summed E-state index contributed by atoms with van der Waals surface area (Å²) in [5, 5.41) is 0. The van der Waals surface area contributed by atoms with Crippen LogP contribution in [0.2, 0.25) is 0 Å². The third-order valence-corrected chi connectivity index (χ3v) is 7.56. The third kappa shape index (κ3) is 4.31. The van der Waals surface area contributed by atoms with Crippen molar-refractivity contribution < 1.29 is 18.1 Å². The molecule has 8 heteroatoms. The minimum Gasteiger partial charge on any atom is -0.379 e. The Labute approximate surface area is 155 Å². The first-order chi connectivity index (χ1) is 12.0. The largest absolute Gasteiger partial charge is 0.379 e. The zero-order valence-corrected chi connectivity index (χ0v) is 16.4. The minimum atomic E-state index is -3.48. The fourth-order valence-electron chi connectivity index (χ4n) is 3.79. The number of rotatable bonds is 5. The van der Waals surface area contributed by atoms with Crippen molar-refractivity contribution in [2.45, 2.75) is 50.2 Å². The van der Waals surface area contributed by atoms with Gasteiger partial charge in [-0.05, 0) is 37.8 Å². The van der Waals surface area contributed by atoms with Gasteiger partial charge in [-0.3, -0.25) is 4.57 Å². The molecule has 2 aliphatic heterocycles. The molecular weight excluding hydrogens is 358 g/mol. The molecule has 25 heavy (non-hydrogen) atoms. The molecule has 3 heterocycles. The van der Waals surface area contributed by atoms with Crippen LogP contribution in [-0.4, -0.2) is 56.2 Å². The predicted octanol–water partition coefficient (Wildman–Crippen LogP) is 1.04. The monoisotopic (exact) mass is 386 g/mol. The highest BCUT2D eigenvalue weighted by molar-refractivity contribution is 7.89. The Morgan fingerprint density at radius 3 is 2.76 bits per heavy atom. The molecule has 0 spiro atoms. The first-order valence-corrected chi connectivity index (χ1v) is 11.0. The van der Waals surface area contributed by atoms with E-state index in [9.17, 15) is 8.42 Å². The van der Waals surface area contributed by atoms with Crippen LogP contribution >= 0.6 is 12.2 Å². The smallest absolute Gasteiger partial charge is 0.244 e. The van der Waals surface area contributed by atoms with E-state index in [1.54, 1.807) is 18.3 Å². The number of aromatic nitrogens is 1. The second-order valence-corrected chi connectivity index (χ2v) is 9.21. The van der Waals surface area contributed by atoms with Gasteiger partial charge in [-0.25, -0.2) is 8.42 Å². The van der Waals surface area contributed by atoms with E-state index in [1.165, 1.54) is 28.5 Å². The van der Waals surface area contributed by atoms with Crippen molar-refractivity contribution in [2.24, 2.45) is 0 Å². The van der Waals surface area contributed by atoms with Crippen LogP contribution < -0.4 is 4.90 Å². The molecule has 0 amide bonds. The van der Waals surface area contributed by atoms with Crippen LogP contribution in [0.25, 0.3) is 0 Å². The van der Waals surface area contributed by atoms with Crippen molar-refractivity contribution in [2.75, 3.05) is 32.8 Å². The fourth-order valence-corrected chi connectivity index (χ4v) is 5.41. The van der Waals surface area contributed by atoms with Crippen molar-refractivity contribution in [3.8, 4) is 0 Å². The van der Waals surface area contributed by atoms with Gasteiger partial charge in [0.2, 0.25) is 10.0 Å². The van der Waals surface area contributed by atoms with Crippen molar-refractivity contribution in [1.29, 1.82) is 0 Å². The standard InChI is InChI=1S/C17H27N3O3S2/c1-2-15-5-3-4-8-18(15)14-19-13-16(6-7-17(19)24)25(21,22)20-9-11-23-12-10-20/h6-7,13,15H,2-5,8-12,14H2,1H3/p+1/t15-/m0/s1. The molecule has 0 aromatic carbocycles. The summed E-state index contributed by atoms with van der Waals surface area (Å²) in [7, 11) is -3.48. The summed E-state index contributed by atoms with van der Waals surface area (Å²) in [6.07, 6.45) is 6.63. The molecule has 1 unspecified atom stereocenters. The number of ether oxygens (including phenoxy) is 1. The molecule has 2 saturated heterocycles. The number of nitrogens with one attached hydrogen (secondary N) is 1. The molecule has 2 fully saturated rings. The topological polar surface area (TPSA) is 56.0 Å². The Morgan fingerprint density at radius 2 is 2.04 bits per heavy atom. The van der Waals surface area contributed by atoms with E-state index in [2.05, 4.69) is 6.92 Å². The average molecular weight is 387 g/mol.